The van der Waals surface area contributed by atoms with Crippen LogP contribution in [-0.2, 0) is 33.6 Å². The van der Waals surface area contributed by atoms with E-state index < -0.39 is 41.6 Å². The fraction of sp³-hybridized carbons (Fsp3) is 0.778. The molecule has 2 bridgehead atoms. The van der Waals surface area contributed by atoms with Crippen molar-refractivity contribution in [3.05, 3.63) is 12.2 Å². The second-order valence-electron chi connectivity index (χ2n) is 8.13. The Bertz CT molecular complexity index is 660. The van der Waals surface area contributed by atoms with Gasteiger partial charge in [0.2, 0.25) is 12.1 Å². The lowest BCUT2D eigenvalue weighted by Crippen LogP contribution is -2.71. The van der Waals surface area contributed by atoms with Crippen molar-refractivity contribution in [1.82, 2.24) is 0 Å². The number of esters is 2. The van der Waals surface area contributed by atoms with Crippen LogP contribution in [0.5, 0.6) is 0 Å². The smallest absolute Gasteiger partial charge is 0.331 e. The van der Waals surface area contributed by atoms with Crippen LogP contribution in [-0.4, -0.2) is 35.7 Å². The van der Waals surface area contributed by atoms with E-state index in [0.717, 1.165) is 19.3 Å². The monoisotopic (exact) mass is 350 g/mol. The molecule has 136 valence electrons. The van der Waals surface area contributed by atoms with Crippen LogP contribution < -0.4 is 0 Å². The predicted molar refractivity (Wildman–Crippen MR) is 81.4 cm³/mol. The lowest BCUT2D eigenvalue weighted by atomic mass is 9.57. The quantitative estimate of drug-likeness (QED) is 0.527. The van der Waals surface area contributed by atoms with Gasteiger partial charge in [0.15, 0.2) is 5.60 Å². The van der Waals surface area contributed by atoms with Crippen molar-refractivity contribution in [2.45, 2.75) is 63.3 Å². The summed E-state index contributed by atoms with van der Waals surface area (Å²) >= 11 is 0. The zero-order chi connectivity index (χ0) is 17.4. The van der Waals surface area contributed by atoms with Gasteiger partial charge in [-0.25, -0.2) is 14.6 Å². The van der Waals surface area contributed by atoms with Crippen LogP contribution in [0, 0.1) is 23.7 Å². The summed E-state index contributed by atoms with van der Waals surface area (Å²) in [4.78, 5) is 36.0. The molecule has 0 N–H and O–H groups in total. The van der Waals surface area contributed by atoms with Gasteiger partial charge in [0.1, 0.15) is 12.0 Å². The van der Waals surface area contributed by atoms with Crippen molar-refractivity contribution in [3.63, 3.8) is 0 Å². The van der Waals surface area contributed by atoms with Gasteiger partial charge in [0.05, 0.1) is 0 Å². The van der Waals surface area contributed by atoms with Crippen molar-refractivity contribution in [2.75, 3.05) is 0 Å². The zero-order valence-corrected chi connectivity index (χ0v) is 14.3. The Morgan fingerprint density at radius 3 is 2.68 bits per heavy atom. The summed E-state index contributed by atoms with van der Waals surface area (Å²) in [5.41, 5.74) is -0.838. The molecule has 6 rings (SSSR count). The molecule has 1 spiro atoms. The molecule has 0 aromatic carbocycles. The maximum atomic E-state index is 12.8. The fourth-order valence-electron chi connectivity index (χ4n) is 5.50. The molecule has 5 aliphatic heterocycles. The summed E-state index contributed by atoms with van der Waals surface area (Å²) < 4.78 is 17.1. The van der Waals surface area contributed by atoms with E-state index in [1.807, 2.05) is 6.92 Å². The maximum Gasteiger partial charge on any atom is 0.331 e. The predicted octanol–water partition coefficient (Wildman–Crippen LogP) is 1.86. The van der Waals surface area contributed by atoms with Crippen LogP contribution in [0.1, 0.15) is 39.5 Å². The first-order valence-corrected chi connectivity index (χ1v) is 9.07. The van der Waals surface area contributed by atoms with E-state index in [4.69, 9.17) is 24.0 Å². The molecule has 25 heavy (non-hydrogen) atoms. The van der Waals surface area contributed by atoms with Gasteiger partial charge >= 0.3 is 11.9 Å². The molecule has 4 saturated heterocycles. The SMILES string of the molecule is C[C@@H]1CC[C@H]2[C@H](C3C=CC(=O)O3)C(=O)O[C@@H]3O[C@@]4(C)CC[C@@H]1[C@]32OO4. The van der Waals surface area contributed by atoms with Crippen LogP contribution >= 0.6 is 0 Å². The van der Waals surface area contributed by atoms with E-state index in [0.29, 0.717) is 12.3 Å². The van der Waals surface area contributed by atoms with Gasteiger partial charge in [-0.1, -0.05) is 6.92 Å². The molecule has 5 heterocycles. The van der Waals surface area contributed by atoms with Gasteiger partial charge < -0.3 is 14.2 Å². The van der Waals surface area contributed by atoms with Gasteiger partial charge in [-0.3, -0.25) is 4.79 Å². The molecule has 8 atom stereocenters. The van der Waals surface area contributed by atoms with E-state index in [-0.39, 0.29) is 11.8 Å². The van der Waals surface area contributed by atoms with Gasteiger partial charge in [-0.05, 0) is 38.2 Å². The van der Waals surface area contributed by atoms with E-state index in [9.17, 15) is 9.59 Å². The van der Waals surface area contributed by atoms with Crippen LogP contribution in [0.25, 0.3) is 0 Å². The molecular weight excluding hydrogens is 328 g/mol. The average Bonchev–Trinajstić information content (AvgIpc) is 2.85. The number of carbonyl (C=O) groups is 2. The topological polar surface area (TPSA) is 80.3 Å². The van der Waals surface area contributed by atoms with Gasteiger partial charge in [-0.2, -0.15) is 0 Å². The van der Waals surface area contributed by atoms with Crippen LogP contribution in [0.15, 0.2) is 12.2 Å². The van der Waals surface area contributed by atoms with Crippen molar-refractivity contribution in [1.29, 1.82) is 0 Å². The van der Waals surface area contributed by atoms with Crippen LogP contribution in [0.4, 0.5) is 0 Å². The number of cyclic esters (lactones) is 1. The molecule has 0 aromatic rings. The Balaban J connectivity index is 1.59. The molecule has 1 unspecified atom stereocenters. The summed E-state index contributed by atoms with van der Waals surface area (Å²) in [6, 6.07) is 0. The molecule has 7 nitrogen and oxygen atoms in total. The van der Waals surface area contributed by atoms with Crippen molar-refractivity contribution in [2.24, 2.45) is 23.7 Å². The first-order chi connectivity index (χ1) is 11.9. The number of carbonyl (C=O) groups excluding carboxylic acids is 2. The number of hydrogen-bond donors (Lipinski definition) is 0. The normalized spacial score (nSPS) is 53.8. The van der Waals surface area contributed by atoms with Crippen molar-refractivity contribution in [3.8, 4) is 0 Å². The van der Waals surface area contributed by atoms with Crippen molar-refractivity contribution >= 4 is 11.9 Å². The Labute approximate surface area is 145 Å². The summed E-state index contributed by atoms with van der Waals surface area (Å²) in [5.74, 6) is -1.92. The molecule has 7 heteroatoms. The highest BCUT2D eigenvalue weighted by atomic mass is 17.3. The molecule has 0 radical (unpaired) electrons. The highest BCUT2D eigenvalue weighted by Crippen LogP contribution is 2.60. The number of hydrogen-bond acceptors (Lipinski definition) is 7. The molecule has 5 fully saturated rings. The second-order valence-corrected chi connectivity index (χ2v) is 8.13. The summed E-state index contributed by atoms with van der Waals surface area (Å²) in [5, 5.41) is 0. The highest BCUT2D eigenvalue weighted by molar-refractivity contribution is 5.86. The minimum absolute atomic E-state index is 0.164. The Morgan fingerprint density at radius 1 is 1.08 bits per heavy atom. The number of fused-ring (bicyclic) bond motifs is 2. The highest BCUT2D eigenvalue weighted by Gasteiger charge is 2.71. The number of ether oxygens (including phenoxy) is 3. The van der Waals surface area contributed by atoms with E-state index in [2.05, 4.69) is 6.92 Å². The zero-order valence-electron chi connectivity index (χ0n) is 14.3. The standard InChI is InChI=1S/C18H22O7/c1-9-3-4-11-14(12-5-6-13(19)21-12)15(20)22-16-18(11)10(9)7-8-17(2,23-16)24-25-18/h5-6,9-12,14,16H,3-4,7-8H2,1-2H3/t9-,10+,11+,12?,14-,16-,17-,18-/m1/s1. The van der Waals surface area contributed by atoms with Crippen LogP contribution in [0.3, 0.4) is 0 Å². The third-order valence-corrected chi connectivity index (χ3v) is 6.73. The largest absolute Gasteiger partial charge is 0.454 e. The Hall–Kier alpha value is -1.44. The Kier molecular flexibility index (Phi) is 3.19. The first kappa shape index (κ1) is 15.8. The summed E-state index contributed by atoms with van der Waals surface area (Å²) in [6.07, 6.45) is 4.94. The third-order valence-electron chi connectivity index (χ3n) is 6.73. The molecule has 0 aromatic heterocycles. The van der Waals surface area contributed by atoms with E-state index >= 15 is 0 Å². The summed E-state index contributed by atoms with van der Waals surface area (Å²) in [7, 11) is 0. The van der Waals surface area contributed by atoms with Gasteiger partial charge in [0.25, 0.3) is 0 Å². The lowest BCUT2D eigenvalue weighted by Gasteiger charge is -2.58. The van der Waals surface area contributed by atoms with E-state index in [1.54, 1.807) is 6.08 Å². The minimum atomic E-state index is -0.898. The fourth-order valence-corrected chi connectivity index (χ4v) is 5.50. The second kappa shape index (κ2) is 5.05. The van der Waals surface area contributed by atoms with E-state index in [1.165, 1.54) is 6.08 Å². The van der Waals surface area contributed by atoms with Gasteiger partial charge in [-0.15, -0.1) is 0 Å². The molecule has 1 saturated carbocycles. The van der Waals surface area contributed by atoms with Crippen molar-refractivity contribution < 1.29 is 33.6 Å². The summed E-state index contributed by atoms with van der Waals surface area (Å²) in [6.45, 7) is 4.02. The average molecular weight is 350 g/mol. The molecule has 0 amide bonds. The Morgan fingerprint density at radius 2 is 1.92 bits per heavy atom. The molecule has 1 aliphatic carbocycles. The maximum absolute atomic E-state index is 12.8. The molecular formula is C18H22O7. The third kappa shape index (κ3) is 2.03. The van der Waals surface area contributed by atoms with Gasteiger partial charge in [0, 0.05) is 24.3 Å². The van der Waals surface area contributed by atoms with Crippen LogP contribution in [0.2, 0.25) is 0 Å². The molecule has 6 aliphatic rings. The number of rotatable bonds is 1. The lowest BCUT2D eigenvalue weighted by molar-refractivity contribution is -0.559. The first-order valence-electron chi connectivity index (χ1n) is 9.07. The minimum Gasteiger partial charge on any atom is -0.454 e.